The summed E-state index contributed by atoms with van der Waals surface area (Å²) >= 11 is 0. The molecule has 1 amide bonds. The van der Waals surface area contributed by atoms with Crippen molar-refractivity contribution in [1.29, 1.82) is 0 Å². The Balaban J connectivity index is 4.17. The van der Waals surface area contributed by atoms with E-state index in [4.69, 9.17) is 5.73 Å². The standard InChI is InChI=1S/C7H17N3O3S/c1-3-9-7(11)6(2)10-14(12,13)5-4-8/h6,10H,3-5,8H2,1-2H3,(H,9,11). The molecular formula is C7H17N3O3S. The van der Waals surface area contributed by atoms with Crippen LogP contribution in [-0.2, 0) is 14.8 Å². The number of amides is 1. The van der Waals surface area contributed by atoms with E-state index in [0.29, 0.717) is 6.54 Å². The highest BCUT2D eigenvalue weighted by Gasteiger charge is 2.18. The van der Waals surface area contributed by atoms with E-state index in [1.807, 2.05) is 0 Å². The van der Waals surface area contributed by atoms with Crippen LogP contribution in [0.15, 0.2) is 0 Å². The maximum absolute atomic E-state index is 11.2. The summed E-state index contributed by atoms with van der Waals surface area (Å²) in [7, 11) is -3.43. The van der Waals surface area contributed by atoms with Crippen molar-refractivity contribution in [2.75, 3.05) is 18.8 Å². The normalized spacial score (nSPS) is 13.6. The van der Waals surface area contributed by atoms with E-state index in [1.54, 1.807) is 6.92 Å². The van der Waals surface area contributed by atoms with Crippen LogP contribution in [0.25, 0.3) is 0 Å². The minimum Gasteiger partial charge on any atom is -0.355 e. The predicted octanol–water partition coefficient (Wildman–Crippen LogP) is -1.61. The summed E-state index contributed by atoms with van der Waals surface area (Å²) in [5, 5.41) is 2.51. The molecule has 0 radical (unpaired) electrons. The van der Waals surface area contributed by atoms with E-state index < -0.39 is 16.1 Å². The zero-order valence-electron chi connectivity index (χ0n) is 8.41. The summed E-state index contributed by atoms with van der Waals surface area (Å²) in [5.74, 6) is -0.510. The van der Waals surface area contributed by atoms with Gasteiger partial charge in [0.1, 0.15) is 0 Å². The van der Waals surface area contributed by atoms with Crippen molar-refractivity contribution in [2.45, 2.75) is 19.9 Å². The van der Waals surface area contributed by atoms with Gasteiger partial charge in [-0.25, -0.2) is 13.1 Å². The van der Waals surface area contributed by atoms with E-state index in [9.17, 15) is 13.2 Å². The van der Waals surface area contributed by atoms with Crippen molar-refractivity contribution < 1.29 is 13.2 Å². The molecule has 0 saturated heterocycles. The Bertz CT molecular complexity index is 276. The van der Waals surface area contributed by atoms with Gasteiger partial charge >= 0.3 is 0 Å². The van der Waals surface area contributed by atoms with Crippen LogP contribution in [0, 0.1) is 0 Å². The molecule has 1 unspecified atom stereocenters. The number of hydrogen-bond acceptors (Lipinski definition) is 4. The van der Waals surface area contributed by atoms with E-state index >= 15 is 0 Å². The molecule has 0 fully saturated rings. The maximum atomic E-state index is 11.2. The first kappa shape index (κ1) is 13.3. The molecule has 0 aliphatic heterocycles. The molecule has 0 saturated carbocycles. The molecule has 1 atom stereocenters. The quantitative estimate of drug-likeness (QED) is 0.504. The fourth-order valence-corrected chi connectivity index (χ4v) is 1.94. The highest BCUT2D eigenvalue weighted by Crippen LogP contribution is 1.88. The molecule has 6 nitrogen and oxygen atoms in total. The van der Waals surface area contributed by atoms with Crippen LogP contribution in [0.3, 0.4) is 0 Å². The predicted molar refractivity (Wildman–Crippen MR) is 54.1 cm³/mol. The molecule has 14 heavy (non-hydrogen) atoms. The molecule has 0 aliphatic carbocycles. The lowest BCUT2D eigenvalue weighted by Gasteiger charge is -2.12. The molecule has 0 bridgehead atoms. The lowest BCUT2D eigenvalue weighted by atomic mass is 10.3. The molecule has 84 valence electrons. The monoisotopic (exact) mass is 223 g/mol. The average Bonchev–Trinajstić information content (AvgIpc) is 2.03. The second kappa shape index (κ2) is 5.94. The van der Waals surface area contributed by atoms with Gasteiger partial charge in [-0.1, -0.05) is 0 Å². The number of likely N-dealkylation sites (N-methyl/N-ethyl adjacent to an activating group) is 1. The third-order valence-corrected chi connectivity index (χ3v) is 2.97. The van der Waals surface area contributed by atoms with Crippen molar-refractivity contribution in [3.63, 3.8) is 0 Å². The number of carbonyl (C=O) groups excluding carboxylic acids is 1. The van der Waals surface area contributed by atoms with Crippen LogP contribution in [0.4, 0.5) is 0 Å². The Hall–Kier alpha value is -0.660. The Morgan fingerprint density at radius 1 is 1.50 bits per heavy atom. The number of hydrogen-bond donors (Lipinski definition) is 3. The Labute approximate surface area is 84.3 Å². The molecule has 0 heterocycles. The van der Waals surface area contributed by atoms with E-state index in [2.05, 4.69) is 10.0 Å². The van der Waals surface area contributed by atoms with E-state index in [0.717, 1.165) is 0 Å². The first-order chi connectivity index (χ1) is 6.43. The minimum absolute atomic E-state index is 0.0391. The molecule has 0 aliphatic rings. The van der Waals surface area contributed by atoms with Gasteiger partial charge in [0.15, 0.2) is 0 Å². The van der Waals surface area contributed by atoms with E-state index in [1.165, 1.54) is 6.92 Å². The van der Waals surface area contributed by atoms with Gasteiger partial charge in [-0.05, 0) is 13.8 Å². The summed E-state index contributed by atoms with van der Waals surface area (Å²) in [6.45, 7) is 3.76. The molecular weight excluding hydrogens is 206 g/mol. The van der Waals surface area contributed by atoms with Gasteiger partial charge in [0.25, 0.3) is 0 Å². The Morgan fingerprint density at radius 3 is 2.50 bits per heavy atom. The van der Waals surface area contributed by atoms with Crippen LogP contribution in [0.2, 0.25) is 0 Å². The number of nitrogens with one attached hydrogen (secondary N) is 2. The van der Waals surface area contributed by atoms with Gasteiger partial charge in [-0.3, -0.25) is 4.79 Å². The van der Waals surface area contributed by atoms with Gasteiger partial charge in [-0.15, -0.1) is 0 Å². The van der Waals surface area contributed by atoms with Gasteiger partial charge in [0, 0.05) is 13.1 Å². The summed E-state index contributed by atoms with van der Waals surface area (Å²) in [5.41, 5.74) is 5.11. The lowest BCUT2D eigenvalue weighted by Crippen LogP contribution is -2.46. The van der Waals surface area contributed by atoms with Crippen LogP contribution >= 0.6 is 0 Å². The van der Waals surface area contributed by atoms with Gasteiger partial charge < -0.3 is 11.1 Å². The minimum atomic E-state index is -3.43. The smallest absolute Gasteiger partial charge is 0.237 e. The number of rotatable bonds is 6. The van der Waals surface area contributed by atoms with Crippen LogP contribution in [0.5, 0.6) is 0 Å². The van der Waals surface area contributed by atoms with Gasteiger partial charge in [0.2, 0.25) is 15.9 Å². The zero-order valence-corrected chi connectivity index (χ0v) is 9.23. The summed E-state index contributed by atoms with van der Waals surface area (Å²) in [6.07, 6.45) is 0. The topological polar surface area (TPSA) is 101 Å². The highest BCUT2D eigenvalue weighted by molar-refractivity contribution is 7.89. The Kier molecular flexibility index (Phi) is 5.66. The van der Waals surface area contributed by atoms with Gasteiger partial charge in [-0.2, -0.15) is 0 Å². The van der Waals surface area contributed by atoms with Crippen LogP contribution in [0.1, 0.15) is 13.8 Å². The lowest BCUT2D eigenvalue weighted by molar-refractivity contribution is -0.122. The second-order valence-corrected chi connectivity index (χ2v) is 4.72. The molecule has 4 N–H and O–H groups in total. The molecule has 0 aromatic carbocycles. The second-order valence-electron chi connectivity index (χ2n) is 2.84. The highest BCUT2D eigenvalue weighted by atomic mass is 32.2. The van der Waals surface area contributed by atoms with Crippen molar-refractivity contribution in [3.8, 4) is 0 Å². The third kappa shape index (κ3) is 5.15. The van der Waals surface area contributed by atoms with Crippen molar-refractivity contribution >= 4 is 15.9 Å². The molecule has 0 spiro atoms. The maximum Gasteiger partial charge on any atom is 0.237 e. The SMILES string of the molecule is CCNC(=O)C(C)NS(=O)(=O)CCN. The molecule has 0 rings (SSSR count). The van der Waals surface area contributed by atoms with E-state index in [-0.39, 0.29) is 18.2 Å². The van der Waals surface area contributed by atoms with Crippen molar-refractivity contribution in [1.82, 2.24) is 10.0 Å². The number of carbonyl (C=O) groups is 1. The fourth-order valence-electron chi connectivity index (χ4n) is 0.864. The van der Waals surface area contributed by atoms with Crippen LogP contribution < -0.4 is 15.8 Å². The largest absolute Gasteiger partial charge is 0.355 e. The fraction of sp³-hybridized carbons (Fsp3) is 0.857. The van der Waals surface area contributed by atoms with Crippen molar-refractivity contribution in [2.24, 2.45) is 5.73 Å². The summed E-state index contributed by atoms with van der Waals surface area (Å²) in [6, 6.07) is -0.758. The number of sulfonamides is 1. The third-order valence-electron chi connectivity index (χ3n) is 1.49. The average molecular weight is 223 g/mol. The first-order valence-corrected chi connectivity index (χ1v) is 6.06. The van der Waals surface area contributed by atoms with Crippen molar-refractivity contribution in [3.05, 3.63) is 0 Å². The summed E-state index contributed by atoms with van der Waals surface area (Å²) < 4.78 is 24.6. The molecule has 0 aromatic heterocycles. The van der Waals surface area contributed by atoms with Gasteiger partial charge in [0.05, 0.1) is 11.8 Å². The van der Waals surface area contributed by atoms with Crippen LogP contribution in [-0.4, -0.2) is 39.2 Å². The first-order valence-electron chi connectivity index (χ1n) is 4.40. The Morgan fingerprint density at radius 2 is 2.07 bits per heavy atom. The molecule has 0 aromatic rings. The zero-order chi connectivity index (χ0) is 11.2. The molecule has 7 heteroatoms. The summed E-state index contributed by atoms with van der Waals surface area (Å²) in [4.78, 5) is 11.2. The number of nitrogens with two attached hydrogens (primary N) is 1.